The van der Waals surface area contributed by atoms with Crippen LogP contribution in [0.2, 0.25) is 0 Å². The first-order chi connectivity index (χ1) is 6.66. The third-order valence-corrected chi connectivity index (χ3v) is 2.97. The topological polar surface area (TPSA) is 17.8 Å². The highest BCUT2D eigenvalue weighted by molar-refractivity contribution is 5.08. The summed E-state index contributed by atoms with van der Waals surface area (Å²) in [5.41, 5.74) is 1.28. The van der Waals surface area contributed by atoms with Gasteiger partial charge in [0.2, 0.25) is 0 Å². The minimum absolute atomic E-state index is 0.659. The van der Waals surface area contributed by atoms with Crippen LogP contribution in [0.1, 0.15) is 51.2 Å². The van der Waals surface area contributed by atoms with Crippen LogP contribution in [0.3, 0.4) is 0 Å². The fourth-order valence-corrected chi connectivity index (χ4v) is 2.27. The summed E-state index contributed by atoms with van der Waals surface area (Å²) in [6.07, 6.45) is 7.16. The second-order valence-corrected chi connectivity index (χ2v) is 4.89. The van der Waals surface area contributed by atoms with E-state index in [-0.39, 0.29) is 0 Å². The lowest BCUT2D eigenvalue weighted by Gasteiger charge is -2.20. The molecule has 14 heavy (non-hydrogen) atoms. The summed E-state index contributed by atoms with van der Waals surface area (Å²) in [6, 6.07) is 0.659. The molecule has 0 fully saturated rings. The Bertz CT molecular complexity index is 312. The maximum Gasteiger partial charge on any atom is 0.109 e. The maximum atomic E-state index is 4.70. The second kappa shape index (κ2) is 3.76. The third-order valence-electron chi connectivity index (χ3n) is 2.97. The van der Waals surface area contributed by atoms with Gasteiger partial charge in [0.25, 0.3) is 0 Å². The monoisotopic (exact) mass is 192 g/mol. The van der Waals surface area contributed by atoms with Crippen molar-refractivity contribution < 1.29 is 0 Å². The van der Waals surface area contributed by atoms with E-state index in [4.69, 9.17) is 4.98 Å². The van der Waals surface area contributed by atoms with Crippen molar-refractivity contribution >= 4 is 0 Å². The maximum absolute atomic E-state index is 4.70. The van der Waals surface area contributed by atoms with E-state index < -0.39 is 0 Å². The second-order valence-electron chi connectivity index (χ2n) is 4.89. The van der Waals surface area contributed by atoms with E-state index >= 15 is 0 Å². The predicted molar refractivity (Wildman–Crippen MR) is 58.4 cm³/mol. The molecule has 1 unspecified atom stereocenters. The molecule has 2 rings (SSSR count). The molecule has 2 heteroatoms. The first kappa shape index (κ1) is 9.75. The minimum Gasteiger partial charge on any atom is -0.332 e. The number of hydrogen-bond donors (Lipinski definition) is 0. The van der Waals surface area contributed by atoms with Gasteiger partial charge in [0.05, 0.1) is 5.69 Å². The third kappa shape index (κ3) is 1.84. The number of imidazole rings is 1. The van der Waals surface area contributed by atoms with Gasteiger partial charge in [-0.05, 0) is 32.1 Å². The fourth-order valence-electron chi connectivity index (χ4n) is 2.27. The Morgan fingerprint density at radius 2 is 2.36 bits per heavy atom. The largest absolute Gasteiger partial charge is 0.332 e. The van der Waals surface area contributed by atoms with Gasteiger partial charge in [0.1, 0.15) is 5.82 Å². The SMILES string of the molecule is CC(C)Cc1cn2c(n1)CCCC2C. The molecule has 1 aromatic rings. The standard InChI is InChI=1S/C12H20N2/c1-9(2)7-11-8-14-10(3)5-4-6-12(14)13-11/h8-10H,4-7H2,1-3H3. The first-order valence-corrected chi connectivity index (χ1v) is 5.73. The molecular formula is C12H20N2. The molecule has 0 amide bonds. The van der Waals surface area contributed by atoms with Crippen LogP contribution < -0.4 is 0 Å². The van der Waals surface area contributed by atoms with E-state index in [0.717, 1.165) is 6.42 Å². The molecule has 2 heterocycles. The van der Waals surface area contributed by atoms with E-state index in [1.807, 2.05) is 0 Å². The van der Waals surface area contributed by atoms with Crippen LogP contribution in [0.15, 0.2) is 6.20 Å². The van der Waals surface area contributed by atoms with Gasteiger partial charge in [0.15, 0.2) is 0 Å². The van der Waals surface area contributed by atoms with E-state index in [2.05, 4.69) is 31.5 Å². The molecule has 0 bridgehead atoms. The molecule has 1 aliphatic rings. The quantitative estimate of drug-likeness (QED) is 0.704. The highest BCUT2D eigenvalue weighted by Crippen LogP contribution is 2.24. The zero-order chi connectivity index (χ0) is 10.1. The van der Waals surface area contributed by atoms with Crippen LogP contribution in [0.5, 0.6) is 0 Å². The number of rotatable bonds is 2. The molecule has 2 nitrogen and oxygen atoms in total. The molecule has 0 radical (unpaired) electrons. The molecule has 1 aromatic heterocycles. The smallest absolute Gasteiger partial charge is 0.109 e. The van der Waals surface area contributed by atoms with Gasteiger partial charge in [-0.15, -0.1) is 0 Å². The summed E-state index contributed by atoms with van der Waals surface area (Å²) in [5.74, 6) is 2.02. The number of aromatic nitrogens is 2. The number of fused-ring (bicyclic) bond motifs is 1. The highest BCUT2D eigenvalue weighted by atomic mass is 15.1. The Kier molecular flexibility index (Phi) is 2.62. The normalized spacial score (nSPS) is 21.3. The lowest BCUT2D eigenvalue weighted by atomic mass is 10.1. The van der Waals surface area contributed by atoms with E-state index in [1.54, 1.807) is 0 Å². The molecule has 0 spiro atoms. The van der Waals surface area contributed by atoms with Crippen LogP contribution >= 0.6 is 0 Å². The number of nitrogens with zero attached hydrogens (tertiary/aromatic N) is 2. The van der Waals surface area contributed by atoms with Crippen molar-refractivity contribution in [2.45, 2.75) is 52.5 Å². The van der Waals surface area contributed by atoms with Crippen molar-refractivity contribution in [1.29, 1.82) is 0 Å². The van der Waals surface area contributed by atoms with E-state index in [0.29, 0.717) is 12.0 Å². The van der Waals surface area contributed by atoms with Crippen molar-refractivity contribution in [2.24, 2.45) is 5.92 Å². The summed E-state index contributed by atoms with van der Waals surface area (Å²) in [7, 11) is 0. The van der Waals surface area contributed by atoms with Crippen LogP contribution in [0.4, 0.5) is 0 Å². The highest BCUT2D eigenvalue weighted by Gasteiger charge is 2.17. The Hall–Kier alpha value is -0.790. The number of aryl methyl sites for hydroxylation is 1. The summed E-state index contributed by atoms with van der Waals surface area (Å²) < 4.78 is 2.38. The van der Waals surface area contributed by atoms with Crippen molar-refractivity contribution in [3.05, 3.63) is 17.7 Å². The molecule has 1 aliphatic heterocycles. The number of hydrogen-bond acceptors (Lipinski definition) is 1. The molecule has 0 saturated carbocycles. The van der Waals surface area contributed by atoms with E-state index in [1.165, 1.54) is 30.8 Å². The molecule has 0 aromatic carbocycles. The van der Waals surface area contributed by atoms with Crippen molar-refractivity contribution in [3.63, 3.8) is 0 Å². The molecule has 0 saturated heterocycles. The van der Waals surface area contributed by atoms with Crippen LogP contribution in [0.25, 0.3) is 0 Å². The summed E-state index contributed by atoms with van der Waals surface area (Å²) in [6.45, 7) is 6.80. The summed E-state index contributed by atoms with van der Waals surface area (Å²) in [4.78, 5) is 4.70. The van der Waals surface area contributed by atoms with Gasteiger partial charge in [-0.1, -0.05) is 13.8 Å². The van der Waals surface area contributed by atoms with Crippen LogP contribution in [-0.2, 0) is 12.8 Å². The molecule has 78 valence electrons. The molecule has 0 N–H and O–H groups in total. The molecule has 1 atom stereocenters. The zero-order valence-corrected chi connectivity index (χ0v) is 9.45. The Labute approximate surface area is 86.3 Å². The van der Waals surface area contributed by atoms with Gasteiger partial charge in [-0.25, -0.2) is 4.98 Å². The average Bonchev–Trinajstić information content (AvgIpc) is 2.47. The summed E-state index contributed by atoms with van der Waals surface area (Å²) >= 11 is 0. The summed E-state index contributed by atoms with van der Waals surface area (Å²) in [5, 5.41) is 0. The minimum atomic E-state index is 0.659. The van der Waals surface area contributed by atoms with Crippen LogP contribution in [0, 0.1) is 5.92 Å². The van der Waals surface area contributed by atoms with E-state index in [9.17, 15) is 0 Å². The molecule has 0 aliphatic carbocycles. The van der Waals surface area contributed by atoms with Gasteiger partial charge in [0, 0.05) is 18.7 Å². The Morgan fingerprint density at radius 1 is 1.57 bits per heavy atom. The first-order valence-electron chi connectivity index (χ1n) is 5.73. The van der Waals surface area contributed by atoms with Crippen molar-refractivity contribution in [2.75, 3.05) is 0 Å². The lowest BCUT2D eigenvalue weighted by molar-refractivity contribution is 0.425. The Balaban J connectivity index is 2.21. The van der Waals surface area contributed by atoms with Crippen LogP contribution in [-0.4, -0.2) is 9.55 Å². The Morgan fingerprint density at radius 3 is 3.00 bits per heavy atom. The van der Waals surface area contributed by atoms with Crippen molar-refractivity contribution in [3.8, 4) is 0 Å². The van der Waals surface area contributed by atoms with Gasteiger partial charge < -0.3 is 4.57 Å². The zero-order valence-electron chi connectivity index (χ0n) is 9.45. The molecular weight excluding hydrogens is 172 g/mol. The van der Waals surface area contributed by atoms with Gasteiger partial charge in [-0.3, -0.25) is 0 Å². The lowest BCUT2D eigenvalue weighted by Crippen LogP contribution is -2.14. The fraction of sp³-hybridized carbons (Fsp3) is 0.750. The van der Waals surface area contributed by atoms with Gasteiger partial charge >= 0.3 is 0 Å². The van der Waals surface area contributed by atoms with Gasteiger partial charge in [-0.2, -0.15) is 0 Å². The predicted octanol–water partition coefficient (Wildman–Crippen LogP) is 2.98. The average molecular weight is 192 g/mol. The van der Waals surface area contributed by atoms with Crippen molar-refractivity contribution in [1.82, 2.24) is 9.55 Å².